The summed E-state index contributed by atoms with van der Waals surface area (Å²) in [6.07, 6.45) is 1.34. The maximum atomic E-state index is 11.0. The first-order valence-corrected chi connectivity index (χ1v) is 5.94. The molecule has 0 aliphatic carbocycles. The molecule has 1 atom stereocenters. The third-order valence-electron chi connectivity index (χ3n) is 2.72. The summed E-state index contributed by atoms with van der Waals surface area (Å²) in [5, 5.41) is 9.91. The zero-order valence-corrected chi connectivity index (χ0v) is 10.5. The summed E-state index contributed by atoms with van der Waals surface area (Å²) in [4.78, 5) is 26.0. The Bertz CT molecular complexity index is 639. The normalized spacial score (nSPS) is 12.0. The van der Waals surface area contributed by atoms with E-state index in [9.17, 15) is 9.59 Å². The monoisotopic (exact) mass is 274 g/mol. The minimum atomic E-state index is -1.16. The number of hydrogen-bond acceptors (Lipinski definition) is 5. The van der Waals surface area contributed by atoms with Crippen LogP contribution in [0.1, 0.15) is 6.42 Å². The Balaban J connectivity index is 2.15. The van der Waals surface area contributed by atoms with Crippen molar-refractivity contribution in [3.05, 3.63) is 36.5 Å². The second kappa shape index (κ2) is 5.98. The number of carboxylic acid groups (broad SMARTS) is 1. The van der Waals surface area contributed by atoms with E-state index in [2.05, 4.69) is 15.8 Å². The minimum Gasteiger partial charge on any atom is -0.480 e. The van der Waals surface area contributed by atoms with Gasteiger partial charge in [-0.05, 0) is 12.1 Å². The van der Waals surface area contributed by atoms with Crippen molar-refractivity contribution in [2.45, 2.75) is 12.5 Å². The summed E-state index contributed by atoms with van der Waals surface area (Å²) in [5.41, 5.74) is 11.7. The molecule has 2 rings (SSSR count). The van der Waals surface area contributed by atoms with Gasteiger partial charge in [-0.3, -0.25) is 14.6 Å². The van der Waals surface area contributed by atoms with E-state index in [0.29, 0.717) is 11.2 Å². The van der Waals surface area contributed by atoms with Gasteiger partial charge >= 0.3 is 5.97 Å². The molecule has 1 amide bonds. The Morgan fingerprint density at radius 3 is 2.75 bits per heavy atom. The lowest BCUT2D eigenvalue weighted by atomic mass is 10.2. The molecule has 0 spiro atoms. The van der Waals surface area contributed by atoms with Crippen LogP contribution in [0.25, 0.3) is 10.9 Å². The van der Waals surface area contributed by atoms with Gasteiger partial charge in [0, 0.05) is 11.6 Å². The van der Waals surface area contributed by atoms with Crippen LogP contribution in [0.5, 0.6) is 0 Å². The third kappa shape index (κ3) is 3.21. The maximum Gasteiger partial charge on any atom is 0.323 e. The average Bonchev–Trinajstić information content (AvgIpc) is 2.42. The Kier molecular flexibility index (Phi) is 4.11. The van der Waals surface area contributed by atoms with Crippen LogP contribution < -0.4 is 16.6 Å². The highest BCUT2D eigenvalue weighted by Crippen LogP contribution is 2.19. The fraction of sp³-hybridized carbons (Fsp3) is 0.154. The molecule has 20 heavy (non-hydrogen) atoms. The lowest BCUT2D eigenvalue weighted by Crippen LogP contribution is -2.43. The summed E-state index contributed by atoms with van der Waals surface area (Å²) in [6.45, 7) is 0. The standard InChI is InChI=1S/C13H14N4O3/c14-11(18)7-10(13(19)20)17-16-9-5-1-3-8-4-2-6-15-12(8)9/h1-6,10,16-17H,7H2,(H2,14,18)(H,19,20). The number of nitrogens with two attached hydrogens (primary N) is 1. The summed E-state index contributed by atoms with van der Waals surface area (Å²) >= 11 is 0. The summed E-state index contributed by atoms with van der Waals surface area (Å²) in [7, 11) is 0. The summed E-state index contributed by atoms with van der Waals surface area (Å²) in [6, 6.07) is 8.07. The van der Waals surface area contributed by atoms with Crippen LogP contribution in [0, 0.1) is 0 Å². The molecule has 0 aliphatic heterocycles. The van der Waals surface area contributed by atoms with Crippen molar-refractivity contribution >= 4 is 28.5 Å². The molecule has 0 fully saturated rings. The number of fused-ring (bicyclic) bond motifs is 1. The lowest BCUT2D eigenvalue weighted by molar-refractivity contribution is -0.141. The van der Waals surface area contributed by atoms with Crippen LogP contribution in [0.15, 0.2) is 36.5 Å². The molecular formula is C13H14N4O3. The van der Waals surface area contributed by atoms with E-state index in [1.54, 1.807) is 12.3 Å². The van der Waals surface area contributed by atoms with E-state index < -0.39 is 17.9 Å². The van der Waals surface area contributed by atoms with Crippen molar-refractivity contribution in [2.24, 2.45) is 5.73 Å². The second-order valence-electron chi connectivity index (χ2n) is 4.21. The van der Waals surface area contributed by atoms with Gasteiger partial charge in [0.25, 0.3) is 0 Å². The molecule has 1 unspecified atom stereocenters. The largest absolute Gasteiger partial charge is 0.480 e. The molecule has 1 aromatic heterocycles. The van der Waals surface area contributed by atoms with Crippen molar-refractivity contribution in [2.75, 3.05) is 5.43 Å². The van der Waals surface area contributed by atoms with Crippen LogP contribution >= 0.6 is 0 Å². The van der Waals surface area contributed by atoms with E-state index in [1.165, 1.54) is 0 Å². The van der Waals surface area contributed by atoms with Gasteiger partial charge in [0.05, 0.1) is 17.6 Å². The molecule has 7 nitrogen and oxygen atoms in total. The van der Waals surface area contributed by atoms with Gasteiger partial charge < -0.3 is 16.3 Å². The zero-order valence-electron chi connectivity index (χ0n) is 10.5. The number of carbonyl (C=O) groups excluding carboxylic acids is 1. The van der Waals surface area contributed by atoms with Crippen molar-refractivity contribution in [3.63, 3.8) is 0 Å². The van der Waals surface area contributed by atoms with Gasteiger partial charge in [-0.25, -0.2) is 5.43 Å². The molecule has 0 saturated carbocycles. The number of hydrazine groups is 1. The fourth-order valence-corrected chi connectivity index (χ4v) is 1.77. The number of benzene rings is 1. The molecule has 7 heteroatoms. The Morgan fingerprint density at radius 2 is 2.05 bits per heavy atom. The number of anilines is 1. The van der Waals surface area contributed by atoms with Gasteiger partial charge in [-0.2, -0.15) is 0 Å². The number of carboxylic acids is 1. The van der Waals surface area contributed by atoms with E-state index in [4.69, 9.17) is 10.8 Å². The highest BCUT2D eigenvalue weighted by Gasteiger charge is 2.19. The molecule has 104 valence electrons. The van der Waals surface area contributed by atoms with Gasteiger partial charge in [-0.1, -0.05) is 18.2 Å². The topological polar surface area (TPSA) is 117 Å². The van der Waals surface area contributed by atoms with E-state index in [-0.39, 0.29) is 6.42 Å². The number of para-hydroxylation sites is 1. The Morgan fingerprint density at radius 1 is 1.30 bits per heavy atom. The van der Waals surface area contributed by atoms with Crippen molar-refractivity contribution < 1.29 is 14.7 Å². The quantitative estimate of drug-likeness (QED) is 0.569. The Hall–Kier alpha value is -2.67. The van der Waals surface area contributed by atoms with Crippen LogP contribution in [-0.4, -0.2) is 28.0 Å². The molecule has 5 N–H and O–H groups in total. The SMILES string of the molecule is NC(=O)CC(NNc1cccc2cccnc12)C(=O)O. The number of aromatic nitrogens is 1. The highest BCUT2D eigenvalue weighted by atomic mass is 16.4. The molecule has 2 aromatic rings. The number of nitrogens with one attached hydrogen (secondary N) is 2. The van der Waals surface area contributed by atoms with Crippen molar-refractivity contribution in [1.29, 1.82) is 0 Å². The van der Waals surface area contributed by atoms with Crippen LogP contribution in [0.4, 0.5) is 5.69 Å². The Labute approximate surface area is 114 Å². The summed E-state index contributed by atoms with van der Waals surface area (Å²) in [5.74, 6) is -1.85. The number of primary amides is 1. The van der Waals surface area contributed by atoms with Crippen LogP contribution in [0.3, 0.4) is 0 Å². The average molecular weight is 274 g/mol. The third-order valence-corrected chi connectivity index (χ3v) is 2.72. The smallest absolute Gasteiger partial charge is 0.323 e. The minimum absolute atomic E-state index is 0.305. The van der Waals surface area contributed by atoms with Crippen LogP contribution in [0.2, 0.25) is 0 Å². The predicted molar refractivity (Wildman–Crippen MR) is 73.7 cm³/mol. The molecule has 1 aromatic carbocycles. The zero-order chi connectivity index (χ0) is 14.5. The van der Waals surface area contributed by atoms with E-state index >= 15 is 0 Å². The number of pyridine rings is 1. The lowest BCUT2D eigenvalue weighted by Gasteiger charge is -2.15. The number of hydrogen-bond donors (Lipinski definition) is 4. The fourth-order valence-electron chi connectivity index (χ4n) is 1.77. The molecule has 0 radical (unpaired) electrons. The number of aliphatic carboxylic acids is 1. The number of rotatable bonds is 6. The first-order chi connectivity index (χ1) is 9.58. The van der Waals surface area contributed by atoms with Crippen molar-refractivity contribution in [3.8, 4) is 0 Å². The van der Waals surface area contributed by atoms with Crippen LogP contribution in [-0.2, 0) is 9.59 Å². The molecule has 0 bridgehead atoms. The van der Waals surface area contributed by atoms with Gasteiger partial charge in [0.2, 0.25) is 5.91 Å². The summed E-state index contributed by atoms with van der Waals surface area (Å²) < 4.78 is 0. The van der Waals surface area contributed by atoms with Gasteiger partial charge in [-0.15, -0.1) is 0 Å². The number of amides is 1. The van der Waals surface area contributed by atoms with E-state index in [1.807, 2.05) is 24.3 Å². The van der Waals surface area contributed by atoms with Gasteiger partial charge in [0.1, 0.15) is 6.04 Å². The van der Waals surface area contributed by atoms with Gasteiger partial charge in [0.15, 0.2) is 0 Å². The van der Waals surface area contributed by atoms with E-state index in [0.717, 1.165) is 5.39 Å². The second-order valence-corrected chi connectivity index (χ2v) is 4.21. The van der Waals surface area contributed by atoms with Crippen molar-refractivity contribution in [1.82, 2.24) is 10.4 Å². The molecular weight excluding hydrogens is 260 g/mol. The first kappa shape index (κ1) is 13.8. The maximum absolute atomic E-state index is 11.0. The molecule has 0 aliphatic rings. The number of carbonyl (C=O) groups is 2. The highest BCUT2D eigenvalue weighted by molar-refractivity contribution is 5.90. The first-order valence-electron chi connectivity index (χ1n) is 5.94. The molecule has 0 saturated heterocycles. The predicted octanol–water partition coefficient (Wildman–Crippen LogP) is 0.480. The number of nitrogens with zero attached hydrogens (tertiary/aromatic N) is 1. The molecule has 1 heterocycles.